The van der Waals surface area contributed by atoms with Crippen LogP contribution in [0.25, 0.3) is 55.7 Å². The number of hydrogen-bond acceptors (Lipinski definition) is 0. The Morgan fingerprint density at radius 3 is 1.18 bits per heavy atom. The molecule has 65 heavy (non-hydrogen) atoms. The maximum Gasteiger partial charge on any atom is -0.0149 e. The fraction of sp³-hybridized carbons (Fsp3) is 0.169. The van der Waals surface area contributed by atoms with Gasteiger partial charge in [-0.1, -0.05) is 232 Å². The second-order valence-corrected chi connectivity index (χ2v) is 16.9. The predicted octanol–water partition coefficient (Wildman–Crippen LogP) is 19.4. The Bertz CT molecular complexity index is 2650. The van der Waals surface area contributed by atoms with Crippen molar-refractivity contribution in [3.05, 3.63) is 264 Å². The molecule has 0 N–H and O–H groups in total. The van der Waals surface area contributed by atoms with E-state index in [1.165, 1.54) is 95.5 Å². The molecule has 0 aliphatic carbocycles. The van der Waals surface area contributed by atoms with E-state index in [9.17, 15) is 0 Å². The topological polar surface area (TPSA) is 0 Å². The Morgan fingerprint density at radius 2 is 0.738 bits per heavy atom. The van der Waals surface area contributed by atoms with Crippen LogP contribution < -0.4 is 0 Å². The Labute approximate surface area is 393 Å². The number of rotatable bonds is 7. The predicted molar refractivity (Wildman–Crippen MR) is 290 cm³/mol. The maximum atomic E-state index is 4.31. The molecule has 0 bridgehead atoms. The van der Waals surface area contributed by atoms with Crippen molar-refractivity contribution in [3.8, 4) is 44.5 Å². The molecule has 0 amide bonds. The van der Waals surface area contributed by atoms with Crippen LogP contribution in [0.3, 0.4) is 0 Å². The lowest BCUT2D eigenvalue weighted by Crippen LogP contribution is -1.94. The zero-order valence-corrected chi connectivity index (χ0v) is 40.8. The lowest BCUT2D eigenvalue weighted by atomic mass is 9.88. The summed E-state index contributed by atoms with van der Waals surface area (Å²) in [6, 6.07) is 70.3. The SMILES string of the molecule is C=C(/C=C(\C)c1ccccc1)c1cccc(-c2cccc(-c3ccccc3)c2)c1.C=C(C)C.CCC.Cc1ccccc1.Cc1ccccc1-c1ccc(-c2ccccc2C)c(C)c1C. The molecule has 0 aliphatic rings. The zero-order chi connectivity index (χ0) is 47.1. The monoisotopic (exact) mass is 851 g/mol. The number of benzene rings is 8. The highest BCUT2D eigenvalue weighted by atomic mass is 14.2. The minimum Gasteiger partial charge on any atom is -0.100 e. The third kappa shape index (κ3) is 15.9. The van der Waals surface area contributed by atoms with E-state index in [4.69, 9.17) is 0 Å². The Hall–Kier alpha value is -7.02. The summed E-state index contributed by atoms with van der Waals surface area (Å²) in [6.07, 6.45) is 3.41. The fourth-order valence-corrected chi connectivity index (χ4v) is 7.23. The van der Waals surface area contributed by atoms with E-state index in [1.807, 2.05) is 44.2 Å². The molecule has 8 aromatic carbocycles. The highest BCUT2D eigenvalue weighted by molar-refractivity contribution is 5.84. The second kappa shape index (κ2) is 26.6. The van der Waals surface area contributed by atoms with Crippen LogP contribution in [-0.4, -0.2) is 0 Å². The molecule has 0 saturated carbocycles. The standard InChI is InChI=1S/C29H24.C22H22.C7H8.C4H8.C3H8/c1-22(24-11-5-3-6-12-24)19-23(2)26-15-9-17-28(20-26)29-18-10-16-27(21-29)25-13-7-4-8-14-25;1-15-9-5-7-11-19(15)21-13-14-22(18(4)17(21)3)20-12-8-6-10-16(20)2;1-7-5-3-2-4-6-7;1-4(2)3;1-3-2/h3-21H,2H2,1H3;5-14H,1-4H3;2-6H,1H3;1H2,2-3H3;3H2,1-2H3/b22-19+;;;;. The zero-order valence-electron chi connectivity index (χ0n) is 40.8. The van der Waals surface area contributed by atoms with Crippen LogP contribution in [0.2, 0.25) is 0 Å². The van der Waals surface area contributed by atoms with Gasteiger partial charge in [-0.2, -0.15) is 0 Å². The summed E-state index contributed by atoms with van der Waals surface area (Å²) in [5, 5.41) is 0. The van der Waals surface area contributed by atoms with E-state index in [1.54, 1.807) is 0 Å². The van der Waals surface area contributed by atoms with E-state index in [0.717, 1.165) is 11.1 Å². The molecule has 0 unspecified atom stereocenters. The molecule has 0 atom stereocenters. The van der Waals surface area contributed by atoms with Crippen LogP contribution in [0.4, 0.5) is 0 Å². The van der Waals surface area contributed by atoms with Gasteiger partial charge in [0.25, 0.3) is 0 Å². The molecule has 0 spiro atoms. The molecule has 0 heterocycles. The van der Waals surface area contributed by atoms with Crippen molar-refractivity contribution in [1.82, 2.24) is 0 Å². The van der Waals surface area contributed by atoms with Gasteiger partial charge in [0.15, 0.2) is 0 Å². The molecule has 0 radical (unpaired) electrons. The third-order valence-electron chi connectivity index (χ3n) is 10.8. The van der Waals surface area contributed by atoms with Crippen LogP contribution in [0.15, 0.2) is 225 Å². The van der Waals surface area contributed by atoms with E-state index < -0.39 is 0 Å². The summed E-state index contributed by atoms with van der Waals surface area (Å²) in [4.78, 5) is 0. The largest absolute Gasteiger partial charge is 0.100 e. The highest BCUT2D eigenvalue weighted by Crippen LogP contribution is 2.35. The Balaban J connectivity index is 0.000000224. The highest BCUT2D eigenvalue weighted by Gasteiger charge is 2.12. The quantitative estimate of drug-likeness (QED) is 0.111. The van der Waals surface area contributed by atoms with E-state index in [0.29, 0.717) is 0 Å². The van der Waals surface area contributed by atoms with Gasteiger partial charge in [-0.05, 0) is 157 Å². The van der Waals surface area contributed by atoms with Gasteiger partial charge in [-0.15, -0.1) is 6.58 Å². The minimum atomic E-state index is 1.02. The molecule has 0 nitrogen and oxygen atoms in total. The molecule has 0 aliphatic heterocycles. The van der Waals surface area contributed by atoms with Crippen LogP contribution in [0, 0.1) is 34.6 Å². The summed E-state index contributed by atoms with van der Waals surface area (Å²) in [5.41, 5.74) is 22.7. The summed E-state index contributed by atoms with van der Waals surface area (Å²) >= 11 is 0. The fourth-order valence-electron chi connectivity index (χ4n) is 7.23. The van der Waals surface area contributed by atoms with Crippen LogP contribution in [-0.2, 0) is 0 Å². The van der Waals surface area contributed by atoms with Gasteiger partial charge in [-0.25, -0.2) is 0 Å². The number of hydrogen-bond donors (Lipinski definition) is 0. The Kier molecular flexibility index (Phi) is 20.7. The molecule has 330 valence electrons. The van der Waals surface area contributed by atoms with Crippen molar-refractivity contribution < 1.29 is 0 Å². The van der Waals surface area contributed by atoms with Gasteiger partial charge in [0.1, 0.15) is 0 Å². The normalized spacial score (nSPS) is 10.3. The molecule has 8 rings (SSSR count). The molecule has 0 aromatic heterocycles. The van der Waals surface area contributed by atoms with Gasteiger partial charge in [-0.3, -0.25) is 0 Å². The first-order valence-electron chi connectivity index (χ1n) is 22.9. The van der Waals surface area contributed by atoms with E-state index in [-0.39, 0.29) is 0 Å². The van der Waals surface area contributed by atoms with Gasteiger partial charge in [0.2, 0.25) is 0 Å². The lowest BCUT2D eigenvalue weighted by molar-refractivity contribution is 1.09. The minimum absolute atomic E-state index is 1.02. The van der Waals surface area contributed by atoms with E-state index in [2.05, 4.69) is 244 Å². The van der Waals surface area contributed by atoms with E-state index >= 15 is 0 Å². The first-order valence-corrected chi connectivity index (χ1v) is 22.9. The number of aryl methyl sites for hydroxylation is 3. The van der Waals surface area contributed by atoms with Crippen molar-refractivity contribution in [2.45, 2.75) is 75.7 Å². The van der Waals surface area contributed by atoms with Crippen LogP contribution in [0.1, 0.15) is 80.0 Å². The van der Waals surface area contributed by atoms with Gasteiger partial charge in [0.05, 0.1) is 0 Å². The van der Waals surface area contributed by atoms with Crippen molar-refractivity contribution in [1.29, 1.82) is 0 Å². The summed E-state index contributed by atoms with van der Waals surface area (Å²) in [7, 11) is 0. The molecular formula is C65H70. The van der Waals surface area contributed by atoms with Crippen molar-refractivity contribution in [2.75, 3.05) is 0 Å². The van der Waals surface area contributed by atoms with Gasteiger partial charge >= 0.3 is 0 Å². The summed E-state index contributed by atoms with van der Waals surface area (Å²) in [5.74, 6) is 0. The molecule has 0 fully saturated rings. The average Bonchev–Trinajstić information content (AvgIpc) is 3.32. The molecular weight excluding hydrogens is 781 g/mol. The van der Waals surface area contributed by atoms with Crippen LogP contribution >= 0.6 is 0 Å². The molecule has 8 aromatic rings. The number of allylic oxidation sites excluding steroid dienone is 4. The van der Waals surface area contributed by atoms with Crippen molar-refractivity contribution in [2.24, 2.45) is 0 Å². The second-order valence-electron chi connectivity index (χ2n) is 16.9. The smallest absolute Gasteiger partial charge is 0.0149 e. The third-order valence-corrected chi connectivity index (χ3v) is 10.8. The first kappa shape index (κ1) is 50.6. The van der Waals surface area contributed by atoms with Crippen molar-refractivity contribution >= 4 is 11.1 Å². The van der Waals surface area contributed by atoms with Crippen LogP contribution in [0.5, 0.6) is 0 Å². The molecule has 0 saturated heterocycles. The van der Waals surface area contributed by atoms with Gasteiger partial charge in [0, 0.05) is 0 Å². The first-order chi connectivity index (χ1) is 31.3. The lowest BCUT2D eigenvalue weighted by Gasteiger charge is -2.16. The summed E-state index contributed by atoms with van der Waals surface area (Å²) in [6.45, 7) is 29.1. The summed E-state index contributed by atoms with van der Waals surface area (Å²) < 4.78 is 0. The Morgan fingerprint density at radius 1 is 0.385 bits per heavy atom. The molecule has 0 heteroatoms. The maximum absolute atomic E-state index is 4.31. The average molecular weight is 851 g/mol. The van der Waals surface area contributed by atoms with Crippen molar-refractivity contribution in [3.63, 3.8) is 0 Å². The van der Waals surface area contributed by atoms with Gasteiger partial charge < -0.3 is 0 Å².